The molecule has 4 aromatic rings. The van der Waals surface area contributed by atoms with Crippen LogP contribution in [0.15, 0.2) is 60.0 Å². The van der Waals surface area contributed by atoms with Gasteiger partial charge in [-0.05, 0) is 23.8 Å². The number of imidazole rings is 1. The molecule has 0 saturated carbocycles. The van der Waals surface area contributed by atoms with Gasteiger partial charge in [-0.3, -0.25) is 4.79 Å². The molecule has 4 rings (SSSR count). The van der Waals surface area contributed by atoms with Crippen LogP contribution < -0.4 is 5.56 Å². The maximum Gasteiger partial charge on any atom is 0.416 e. The number of aromatic amines is 1. The minimum absolute atomic E-state index is 0.122. The molecule has 5 nitrogen and oxygen atoms in total. The molecule has 0 aliphatic heterocycles. The van der Waals surface area contributed by atoms with Crippen molar-refractivity contribution in [3.05, 3.63) is 76.7 Å². The number of halogens is 3. The van der Waals surface area contributed by atoms with Crippen molar-refractivity contribution < 1.29 is 13.2 Å². The minimum Gasteiger partial charge on any atom is -0.357 e. The van der Waals surface area contributed by atoms with E-state index >= 15 is 0 Å². The van der Waals surface area contributed by atoms with Crippen molar-refractivity contribution in [1.82, 2.24) is 19.1 Å². The zero-order valence-corrected chi connectivity index (χ0v) is 14.3. The van der Waals surface area contributed by atoms with Gasteiger partial charge in [-0.1, -0.05) is 12.1 Å². The summed E-state index contributed by atoms with van der Waals surface area (Å²) in [6.45, 7) is 0.396. The van der Waals surface area contributed by atoms with Crippen molar-refractivity contribution in [3.8, 4) is 11.3 Å². The lowest BCUT2D eigenvalue weighted by Gasteiger charge is -2.08. The van der Waals surface area contributed by atoms with Crippen LogP contribution in [0.1, 0.15) is 11.1 Å². The first-order valence-corrected chi connectivity index (χ1v) is 8.18. The molecule has 8 heteroatoms. The second-order valence-electron chi connectivity index (χ2n) is 6.35. The third-order valence-electron chi connectivity index (χ3n) is 4.45. The Balaban J connectivity index is 1.64. The zero-order chi connectivity index (χ0) is 19.2. The number of pyridine rings is 1. The fourth-order valence-corrected chi connectivity index (χ4v) is 3.07. The van der Waals surface area contributed by atoms with E-state index < -0.39 is 11.7 Å². The highest BCUT2D eigenvalue weighted by Gasteiger charge is 2.29. The first-order valence-electron chi connectivity index (χ1n) is 8.18. The average Bonchev–Trinajstić information content (AvgIpc) is 3.27. The number of nitrogens with zero attached hydrogens (tertiary/aromatic N) is 3. The standard InChI is InChI=1S/C19H15F3N4O/c1-25-9-15(14-6-7-23-17(14)18(25)27)16-10-26(11-24-16)8-12-2-4-13(5-3-12)19(20,21)22/h2-7,9-11,23H,8H2,1H3. The van der Waals surface area contributed by atoms with Crippen LogP contribution in [0.2, 0.25) is 0 Å². The quantitative estimate of drug-likeness (QED) is 0.595. The maximum atomic E-state index is 12.7. The second-order valence-corrected chi connectivity index (χ2v) is 6.35. The van der Waals surface area contributed by atoms with Gasteiger partial charge in [0.2, 0.25) is 0 Å². The Labute approximate surface area is 151 Å². The summed E-state index contributed by atoms with van der Waals surface area (Å²) in [7, 11) is 1.67. The van der Waals surface area contributed by atoms with Crippen molar-refractivity contribution in [2.24, 2.45) is 7.05 Å². The van der Waals surface area contributed by atoms with E-state index in [0.29, 0.717) is 17.8 Å². The predicted octanol–water partition coefficient (Wildman–Crippen LogP) is 3.80. The molecule has 0 amide bonds. The summed E-state index contributed by atoms with van der Waals surface area (Å²) < 4.78 is 41.3. The van der Waals surface area contributed by atoms with Crippen molar-refractivity contribution in [2.45, 2.75) is 12.7 Å². The Hall–Kier alpha value is -3.29. The van der Waals surface area contributed by atoms with Crippen LogP contribution >= 0.6 is 0 Å². The molecule has 3 heterocycles. The first kappa shape index (κ1) is 17.1. The number of aromatic nitrogens is 4. The molecule has 0 unspecified atom stereocenters. The molecular formula is C19H15F3N4O. The van der Waals surface area contributed by atoms with Gasteiger partial charge < -0.3 is 14.1 Å². The summed E-state index contributed by atoms with van der Waals surface area (Å²) in [5.41, 5.74) is 1.94. The van der Waals surface area contributed by atoms with Crippen molar-refractivity contribution in [3.63, 3.8) is 0 Å². The fourth-order valence-electron chi connectivity index (χ4n) is 3.07. The molecule has 0 aliphatic rings. The van der Waals surface area contributed by atoms with E-state index in [9.17, 15) is 18.0 Å². The van der Waals surface area contributed by atoms with Crippen LogP contribution in [-0.4, -0.2) is 19.1 Å². The van der Waals surface area contributed by atoms with Crippen LogP contribution in [-0.2, 0) is 19.8 Å². The number of nitrogens with one attached hydrogen (secondary N) is 1. The number of hydrogen-bond acceptors (Lipinski definition) is 2. The molecule has 1 aromatic carbocycles. The summed E-state index contributed by atoms with van der Waals surface area (Å²) in [4.78, 5) is 19.5. The Bertz CT molecular complexity index is 1170. The molecule has 1 N–H and O–H groups in total. The lowest BCUT2D eigenvalue weighted by Crippen LogP contribution is -2.16. The van der Waals surface area contributed by atoms with Crippen molar-refractivity contribution in [1.29, 1.82) is 0 Å². The van der Waals surface area contributed by atoms with Crippen LogP contribution in [0.25, 0.3) is 22.2 Å². The molecule has 138 valence electrons. The van der Waals surface area contributed by atoms with E-state index in [4.69, 9.17) is 0 Å². The first-order chi connectivity index (χ1) is 12.8. The molecule has 27 heavy (non-hydrogen) atoms. The van der Waals surface area contributed by atoms with E-state index in [1.165, 1.54) is 16.7 Å². The normalized spacial score (nSPS) is 12.0. The summed E-state index contributed by atoms with van der Waals surface area (Å²) >= 11 is 0. The van der Waals surface area contributed by atoms with Gasteiger partial charge in [-0.2, -0.15) is 13.2 Å². The maximum absolute atomic E-state index is 12.7. The summed E-state index contributed by atoms with van der Waals surface area (Å²) in [6.07, 6.45) is 2.52. The third kappa shape index (κ3) is 3.14. The van der Waals surface area contributed by atoms with E-state index in [0.717, 1.165) is 28.6 Å². The third-order valence-corrected chi connectivity index (χ3v) is 4.45. The lowest BCUT2D eigenvalue weighted by molar-refractivity contribution is -0.137. The monoisotopic (exact) mass is 372 g/mol. The van der Waals surface area contributed by atoms with E-state index in [1.807, 2.05) is 12.3 Å². The van der Waals surface area contributed by atoms with Gasteiger partial charge in [0.1, 0.15) is 5.52 Å². The van der Waals surface area contributed by atoms with E-state index in [1.54, 1.807) is 30.3 Å². The lowest BCUT2D eigenvalue weighted by atomic mass is 10.1. The molecular weight excluding hydrogens is 357 g/mol. The van der Waals surface area contributed by atoms with Gasteiger partial charge in [-0.15, -0.1) is 0 Å². The van der Waals surface area contributed by atoms with Crippen LogP contribution in [0, 0.1) is 0 Å². The fraction of sp³-hybridized carbons (Fsp3) is 0.158. The topological polar surface area (TPSA) is 55.6 Å². The molecule has 0 fully saturated rings. The second kappa shape index (κ2) is 6.15. The molecule has 3 aromatic heterocycles. The predicted molar refractivity (Wildman–Crippen MR) is 95.3 cm³/mol. The Kier molecular flexibility index (Phi) is 3.91. The summed E-state index contributed by atoms with van der Waals surface area (Å²) in [5, 5.41) is 0.776. The number of hydrogen-bond donors (Lipinski definition) is 1. The van der Waals surface area contributed by atoms with Crippen LogP contribution in [0.3, 0.4) is 0 Å². The van der Waals surface area contributed by atoms with Crippen molar-refractivity contribution in [2.75, 3.05) is 0 Å². The van der Waals surface area contributed by atoms with E-state index in [2.05, 4.69) is 9.97 Å². The number of benzene rings is 1. The largest absolute Gasteiger partial charge is 0.416 e. The summed E-state index contributed by atoms with van der Waals surface area (Å²) in [6, 6.07) is 6.88. The van der Waals surface area contributed by atoms with Gasteiger partial charge in [0.05, 0.1) is 17.6 Å². The van der Waals surface area contributed by atoms with Gasteiger partial charge in [-0.25, -0.2) is 4.98 Å². The Morgan fingerprint density at radius 3 is 2.56 bits per heavy atom. The zero-order valence-electron chi connectivity index (χ0n) is 14.3. The Morgan fingerprint density at radius 2 is 1.85 bits per heavy atom. The van der Waals surface area contributed by atoms with Gasteiger partial charge >= 0.3 is 6.18 Å². The van der Waals surface area contributed by atoms with Gasteiger partial charge in [0, 0.05) is 43.1 Å². The summed E-state index contributed by atoms with van der Waals surface area (Å²) in [5.74, 6) is 0. The number of fused-ring (bicyclic) bond motifs is 1. The highest BCUT2D eigenvalue weighted by atomic mass is 19.4. The molecule has 0 atom stereocenters. The molecule has 0 spiro atoms. The Morgan fingerprint density at radius 1 is 1.11 bits per heavy atom. The molecule has 0 bridgehead atoms. The SMILES string of the molecule is Cn1cc(-c2cn(Cc3ccc(C(F)(F)F)cc3)cn2)c2cc[nH]c2c1=O. The minimum atomic E-state index is -4.34. The van der Waals surface area contributed by atoms with E-state index in [-0.39, 0.29) is 5.56 Å². The molecule has 0 radical (unpaired) electrons. The van der Waals surface area contributed by atoms with Gasteiger partial charge in [0.15, 0.2) is 0 Å². The highest BCUT2D eigenvalue weighted by Crippen LogP contribution is 2.29. The smallest absolute Gasteiger partial charge is 0.357 e. The van der Waals surface area contributed by atoms with Crippen LogP contribution in [0.4, 0.5) is 13.2 Å². The average molecular weight is 372 g/mol. The van der Waals surface area contributed by atoms with Crippen LogP contribution in [0.5, 0.6) is 0 Å². The van der Waals surface area contributed by atoms with Crippen molar-refractivity contribution >= 4 is 10.9 Å². The molecule has 0 saturated heterocycles. The number of alkyl halides is 3. The number of aryl methyl sites for hydroxylation is 1. The molecule has 0 aliphatic carbocycles. The van der Waals surface area contributed by atoms with Gasteiger partial charge in [0.25, 0.3) is 5.56 Å². The highest BCUT2D eigenvalue weighted by molar-refractivity contribution is 5.93. The number of rotatable bonds is 3. The number of H-pyrrole nitrogens is 1.